The van der Waals surface area contributed by atoms with Gasteiger partial charge in [-0.3, -0.25) is 4.79 Å². The Labute approximate surface area is 136 Å². The van der Waals surface area contributed by atoms with E-state index in [-0.39, 0.29) is 12.5 Å². The van der Waals surface area contributed by atoms with Gasteiger partial charge in [-0.1, -0.05) is 18.2 Å². The smallest absolute Gasteiger partial charge is 0.251 e. The summed E-state index contributed by atoms with van der Waals surface area (Å²) in [4.78, 5) is 12.3. The highest BCUT2D eigenvalue weighted by atomic mass is 16.5. The number of fused-ring (bicyclic) bond motifs is 1. The van der Waals surface area contributed by atoms with E-state index in [1.807, 2.05) is 36.4 Å². The Morgan fingerprint density at radius 2 is 2.04 bits per heavy atom. The monoisotopic (exact) mass is 311 g/mol. The predicted molar refractivity (Wildman–Crippen MR) is 88.8 cm³/mol. The van der Waals surface area contributed by atoms with Gasteiger partial charge in [0.1, 0.15) is 5.75 Å². The number of hydrogen-bond donors (Lipinski definition) is 2. The van der Waals surface area contributed by atoms with E-state index >= 15 is 0 Å². The standard InChI is InChI=1S/C19H21NO3/c1-23-17-7-3-6-15(11-17)18(21)12-20-19(22)16-9-8-13-4-2-5-14(13)10-16/h3,6-11,18,21H,2,4-5,12H2,1H3,(H,20,22). The first kappa shape index (κ1) is 15.6. The van der Waals surface area contributed by atoms with E-state index in [1.165, 1.54) is 11.1 Å². The molecule has 0 aliphatic heterocycles. The molecule has 120 valence electrons. The second-order valence-corrected chi connectivity index (χ2v) is 5.84. The molecule has 2 aromatic rings. The zero-order valence-electron chi connectivity index (χ0n) is 13.2. The molecule has 3 rings (SSSR count). The number of aliphatic hydroxyl groups excluding tert-OH is 1. The summed E-state index contributed by atoms with van der Waals surface area (Å²) < 4.78 is 5.14. The molecule has 4 heteroatoms. The van der Waals surface area contributed by atoms with Gasteiger partial charge in [-0.15, -0.1) is 0 Å². The van der Waals surface area contributed by atoms with E-state index in [0.717, 1.165) is 24.8 Å². The van der Waals surface area contributed by atoms with Crippen molar-refractivity contribution in [2.24, 2.45) is 0 Å². The molecular weight excluding hydrogens is 290 g/mol. The Bertz CT molecular complexity index is 712. The van der Waals surface area contributed by atoms with Gasteiger partial charge < -0.3 is 15.2 Å². The van der Waals surface area contributed by atoms with Crippen molar-refractivity contribution in [1.29, 1.82) is 0 Å². The fourth-order valence-corrected chi connectivity index (χ4v) is 2.97. The van der Waals surface area contributed by atoms with E-state index in [2.05, 4.69) is 5.32 Å². The molecule has 0 radical (unpaired) electrons. The van der Waals surface area contributed by atoms with Crippen molar-refractivity contribution in [3.8, 4) is 5.75 Å². The molecule has 1 unspecified atom stereocenters. The van der Waals surface area contributed by atoms with Crippen molar-refractivity contribution in [2.45, 2.75) is 25.4 Å². The number of aliphatic hydroxyl groups is 1. The van der Waals surface area contributed by atoms with Crippen LogP contribution in [0.2, 0.25) is 0 Å². The number of hydrogen-bond acceptors (Lipinski definition) is 3. The number of rotatable bonds is 5. The highest BCUT2D eigenvalue weighted by Gasteiger charge is 2.15. The average molecular weight is 311 g/mol. The maximum Gasteiger partial charge on any atom is 0.251 e. The molecule has 0 heterocycles. The van der Waals surface area contributed by atoms with Gasteiger partial charge in [-0.05, 0) is 60.2 Å². The molecular formula is C19H21NO3. The normalized spacial score (nSPS) is 14.2. The van der Waals surface area contributed by atoms with Gasteiger partial charge in [0.25, 0.3) is 5.91 Å². The maximum absolute atomic E-state index is 12.3. The van der Waals surface area contributed by atoms with Crippen LogP contribution in [0.25, 0.3) is 0 Å². The zero-order valence-corrected chi connectivity index (χ0v) is 13.2. The third kappa shape index (κ3) is 3.54. The van der Waals surface area contributed by atoms with Crippen molar-refractivity contribution in [2.75, 3.05) is 13.7 Å². The van der Waals surface area contributed by atoms with Crippen LogP contribution in [0.3, 0.4) is 0 Å². The first-order valence-corrected chi connectivity index (χ1v) is 7.89. The van der Waals surface area contributed by atoms with Crippen LogP contribution in [0.1, 0.15) is 39.6 Å². The highest BCUT2D eigenvalue weighted by molar-refractivity contribution is 5.94. The Morgan fingerprint density at radius 3 is 2.87 bits per heavy atom. The highest BCUT2D eigenvalue weighted by Crippen LogP contribution is 2.23. The number of aryl methyl sites for hydroxylation is 2. The molecule has 2 N–H and O–H groups in total. The van der Waals surface area contributed by atoms with E-state index < -0.39 is 6.10 Å². The molecule has 0 aromatic heterocycles. The summed E-state index contributed by atoms with van der Waals surface area (Å²) in [6.07, 6.45) is 2.55. The number of nitrogens with one attached hydrogen (secondary N) is 1. The summed E-state index contributed by atoms with van der Waals surface area (Å²) in [6, 6.07) is 13.1. The molecule has 0 saturated heterocycles. The molecule has 1 aliphatic carbocycles. The topological polar surface area (TPSA) is 58.6 Å². The van der Waals surface area contributed by atoms with Gasteiger partial charge in [0.05, 0.1) is 13.2 Å². The number of carbonyl (C=O) groups excluding carboxylic acids is 1. The summed E-state index contributed by atoms with van der Waals surface area (Å²) in [5, 5.41) is 13.0. The van der Waals surface area contributed by atoms with E-state index in [4.69, 9.17) is 4.74 Å². The van der Waals surface area contributed by atoms with Crippen LogP contribution in [-0.2, 0) is 12.8 Å². The van der Waals surface area contributed by atoms with Gasteiger partial charge in [-0.2, -0.15) is 0 Å². The van der Waals surface area contributed by atoms with E-state index in [1.54, 1.807) is 13.2 Å². The van der Waals surface area contributed by atoms with E-state index in [0.29, 0.717) is 11.3 Å². The summed E-state index contributed by atoms with van der Waals surface area (Å²) in [6.45, 7) is 0.170. The fourth-order valence-electron chi connectivity index (χ4n) is 2.97. The van der Waals surface area contributed by atoms with Crippen molar-refractivity contribution < 1.29 is 14.6 Å². The molecule has 4 nitrogen and oxygen atoms in total. The second-order valence-electron chi connectivity index (χ2n) is 5.84. The van der Waals surface area contributed by atoms with Gasteiger partial charge in [-0.25, -0.2) is 0 Å². The molecule has 1 amide bonds. The van der Waals surface area contributed by atoms with Crippen molar-refractivity contribution in [3.05, 3.63) is 64.7 Å². The van der Waals surface area contributed by atoms with Crippen molar-refractivity contribution >= 4 is 5.91 Å². The van der Waals surface area contributed by atoms with Crippen molar-refractivity contribution in [1.82, 2.24) is 5.32 Å². The van der Waals surface area contributed by atoms with Crippen LogP contribution in [0.5, 0.6) is 5.75 Å². The maximum atomic E-state index is 12.3. The SMILES string of the molecule is COc1cccc(C(O)CNC(=O)c2ccc3c(c2)CCC3)c1. The van der Waals surface area contributed by atoms with Gasteiger partial charge in [0, 0.05) is 12.1 Å². The number of carbonyl (C=O) groups is 1. The molecule has 0 saturated carbocycles. The molecule has 2 aromatic carbocycles. The molecule has 1 aliphatic rings. The Kier molecular flexibility index (Phi) is 4.63. The lowest BCUT2D eigenvalue weighted by Gasteiger charge is -2.13. The van der Waals surface area contributed by atoms with Gasteiger partial charge in [0.2, 0.25) is 0 Å². The van der Waals surface area contributed by atoms with Crippen LogP contribution >= 0.6 is 0 Å². The number of benzene rings is 2. The van der Waals surface area contributed by atoms with Crippen LogP contribution in [0.4, 0.5) is 0 Å². The number of amides is 1. The number of methoxy groups -OCH3 is 1. The Hall–Kier alpha value is -2.33. The van der Waals surface area contributed by atoms with Crippen molar-refractivity contribution in [3.63, 3.8) is 0 Å². The lowest BCUT2D eigenvalue weighted by Crippen LogP contribution is -2.28. The molecule has 0 bridgehead atoms. The second kappa shape index (κ2) is 6.84. The van der Waals surface area contributed by atoms with E-state index in [9.17, 15) is 9.90 Å². The third-order valence-corrected chi connectivity index (χ3v) is 4.30. The average Bonchev–Trinajstić information content (AvgIpc) is 3.07. The lowest BCUT2D eigenvalue weighted by molar-refractivity contribution is 0.0916. The molecule has 0 spiro atoms. The summed E-state index contributed by atoms with van der Waals surface area (Å²) in [5.74, 6) is 0.535. The zero-order chi connectivity index (χ0) is 16.2. The molecule has 1 atom stereocenters. The lowest BCUT2D eigenvalue weighted by atomic mass is 10.1. The first-order chi connectivity index (χ1) is 11.2. The predicted octanol–water partition coefficient (Wildman–Crippen LogP) is 2.65. The number of ether oxygens (including phenoxy) is 1. The Morgan fingerprint density at radius 1 is 1.22 bits per heavy atom. The minimum absolute atomic E-state index is 0.151. The summed E-state index contributed by atoms with van der Waals surface area (Å²) in [5.41, 5.74) is 3.99. The van der Waals surface area contributed by atoms with Crippen LogP contribution in [0, 0.1) is 0 Å². The minimum Gasteiger partial charge on any atom is -0.497 e. The Balaban J connectivity index is 1.62. The van der Waals surface area contributed by atoms with Gasteiger partial charge in [0.15, 0.2) is 0 Å². The molecule has 23 heavy (non-hydrogen) atoms. The molecule has 0 fully saturated rings. The van der Waals surface area contributed by atoms with Crippen LogP contribution in [-0.4, -0.2) is 24.7 Å². The first-order valence-electron chi connectivity index (χ1n) is 7.89. The van der Waals surface area contributed by atoms with Crippen LogP contribution < -0.4 is 10.1 Å². The fraction of sp³-hybridized carbons (Fsp3) is 0.316. The van der Waals surface area contributed by atoms with Gasteiger partial charge >= 0.3 is 0 Å². The van der Waals surface area contributed by atoms with Crippen LogP contribution in [0.15, 0.2) is 42.5 Å². The summed E-state index contributed by atoms with van der Waals surface area (Å²) in [7, 11) is 1.58. The summed E-state index contributed by atoms with van der Waals surface area (Å²) >= 11 is 0. The largest absolute Gasteiger partial charge is 0.497 e. The quantitative estimate of drug-likeness (QED) is 0.892. The minimum atomic E-state index is -0.761. The third-order valence-electron chi connectivity index (χ3n) is 4.30.